The number of benzene rings is 1. The summed E-state index contributed by atoms with van der Waals surface area (Å²) >= 11 is 1.46. The molecule has 0 aliphatic rings. The van der Waals surface area contributed by atoms with E-state index in [1.54, 1.807) is 0 Å². The molecule has 1 aromatic heterocycles. The first kappa shape index (κ1) is 19.6. The second-order valence-corrected chi connectivity index (χ2v) is 6.26. The Morgan fingerprint density at radius 2 is 1.87 bits per heavy atom. The molecule has 0 radical (unpaired) electrons. The standard InChI is InChI=1S/C17H23N3OS.ClH/c1-13-7-9-14(10-8-13)15-12-22-17(19-15)20-16(21)6-4-2-3-5-11-18;/h7-10,12H,2-6,11,18H2,1H3,(H,19,20,21);1H. The van der Waals surface area contributed by atoms with Crippen molar-refractivity contribution in [3.63, 3.8) is 0 Å². The molecule has 6 heteroatoms. The minimum absolute atomic E-state index is 0. The fourth-order valence-corrected chi connectivity index (χ4v) is 2.89. The molecule has 0 saturated heterocycles. The van der Waals surface area contributed by atoms with Crippen LogP contribution in [0.5, 0.6) is 0 Å². The van der Waals surface area contributed by atoms with Gasteiger partial charge in [-0.25, -0.2) is 4.98 Å². The lowest BCUT2D eigenvalue weighted by Gasteiger charge is -2.02. The predicted molar refractivity (Wildman–Crippen MR) is 100 cm³/mol. The van der Waals surface area contributed by atoms with Crippen molar-refractivity contribution in [1.82, 2.24) is 4.98 Å². The topological polar surface area (TPSA) is 68.0 Å². The van der Waals surface area contributed by atoms with Gasteiger partial charge in [0.05, 0.1) is 5.69 Å². The number of unbranched alkanes of at least 4 members (excludes halogenated alkanes) is 3. The molecule has 0 saturated carbocycles. The summed E-state index contributed by atoms with van der Waals surface area (Å²) in [5.41, 5.74) is 8.65. The van der Waals surface area contributed by atoms with Gasteiger partial charge >= 0.3 is 0 Å². The molecular weight excluding hydrogens is 330 g/mol. The van der Waals surface area contributed by atoms with Crippen LogP contribution in [0.2, 0.25) is 0 Å². The summed E-state index contributed by atoms with van der Waals surface area (Å²) in [4.78, 5) is 16.3. The number of halogens is 1. The van der Waals surface area contributed by atoms with Gasteiger partial charge in [0.2, 0.25) is 5.91 Å². The molecule has 126 valence electrons. The summed E-state index contributed by atoms with van der Waals surface area (Å²) in [7, 11) is 0. The Bertz CT molecular complexity index is 598. The number of thiazole rings is 1. The molecule has 1 amide bonds. The maximum atomic E-state index is 11.9. The third-order valence-electron chi connectivity index (χ3n) is 3.46. The maximum Gasteiger partial charge on any atom is 0.226 e. The first-order chi connectivity index (χ1) is 10.7. The largest absolute Gasteiger partial charge is 0.330 e. The molecule has 0 bridgehead atoms. The van der Waals surface area contributed by atoms with E-state index in [1.165, 1.54) is 16.9 Å². The third-order valence-corrected chi connectivity index (χ3v) is 4.21. The van der Waals surface area contributed by atoms with Crippen molar-refractivity contribution in [2.45, 2.75) is 39.0 Å². The van der Waals surface area contributed by atoms with Gasteiger partial charge in [-0.05, 0) is 26.3 Å². The highest BCUT2D eigenvalue weighted by atomic mass is 35.5. The second-order valence-electron chi connectivity index (χ2n) is 5.40. The van der Waals surface area contributed by atoms with Crippen LogP contribution in [0.4, 0.5) is 5.13 Å². The van der Waals surface area contributed by atoms with Crippen LogP contribution < -0.4 is 11.1 Å². The van der Waals surface area contributed by atoms with Gasteiger partial charge in [0.1, 0.15) is 0 Å². The van der Waals surface area contributed by atoms with E-state index in [9.17, 15) is 4.79 Å². The normalized spacial score (nSPS) is 10.2. The Kier molecular flexibility index (Phi) is 8.84. The van der Waals surface area contributed by atoms with Gasteiger partial charge in [-0.1, -0.05) is 42.7 Å². The van der Waals surface area contributed by atoms with Crippen LogP contribution in [0.3, 0.4) is 0 Å². The van der Waals surface area contributed by atoms with Crippen LogP contribution in [0.15, 0.2) is 29.6 Å². The van der Waals surface area contributed by atoms with E-state index in [2.05, 4.69) is 29.4 Å². The molecule has 0 aliphatic heterocycles. The summed E-state index contributed by atoms with van der Waals surface area (Å²) in [6, 6.07) is 8.23. The van der Waals surface area contributed by atoms with Crippen molar-refractivity contribution < 1.29 is 4.79 Å². The van der Waals surface area contributed by atoms with E-state index in [1.807, 2.05) is 17.5 Å². The first-order valence-electron chi connectivity index (χ1n) is 7.71. The lowest BCUT2D eigenvalue weighted by Crippen LogP contribution is -2.10. The highest BCUT2D eigenvalue weighted by molar-refractivity contribution is 7.14. The molecule has 0 atom stereocenters. The van der Waals surface area contributed by atoms with Crippen molar-refractivity contribution in [1.29, 1.82) is 0 Å². The van der Waals surface area contributed by atoms with Gasteiger partial charge < -0.3 is 11.1 Å². The molecule has 2 rings (SSSR count). The van der Waals surface area contributed by atoms with E-state index in [4.69, 9.17) is 5.73 Å². The number of carbonyl (C=O) groups excluding carboxylic acids is 1. The van der Waals surface area contributed by atoms with Crippen LogP contribution in [-0.2, 0) is 4.79 Å². The minimum Gasteiger partial charge on any atom is -0.330 e. The summed E-state index contributed by atoms with van der Waals surface area (Å²) in [5.74, 6) is 0.0394. The lowest BCUT2D eigenvalue weighted by molar-refractivity contribution is -0.116. The lowest BCUT2D eigenvalue weighted by atomic mass is 10.1. The SMILES string of the molecule is Cc1ccc(-c2csc(NC(=O)CCCCCCN)n2)cc1.Cl. The highest BCUT2D eigenvalue weighted by Gasteiger charge is 2.07. The van der Waals surface area contributed by atoms with Gasteiger partial charge in [0, 0.05) is 17.4 Å². The zero-order chi connectivity index (χ0) is 15.8. The van der Waals surface area contributed by atoms with Crippen molar-refractivity contribution >= 4 is 34.8 Å². The third kappa shape index (κ3) is 6.69. The first-order valence-corrected chi connectivity index (χ1v) is 8.59. The van der Waals surface area contributed by atoms with Crippen LogP contribution in [0.25, 0.3) is 11.3 Å². The minimum atomic E-state index is 0. The number of hydrogen-bond donors (Lipinski definition) is 2. The maximum absolute atomic E-state index is 11.9. The molecule has 0 aliphatic carbocycles. The Morgan fingerprint density at radius 1 is 1.17 bits per heavy atom. The van der Waals surface area contributed by atoms with Crippen LogP contribution in [0.1, 0.15) is 37.7 Å². The number of nitrogens with zero attached hydrogens (tertiary/aromatic N) is 1. The van der Waals surface area contributed by atoms with Crippen LogP contribution in [-0.4, -0.2) is 17.4 Å². The average Bonchev–Trinajstić information content (AvgIpc) is 2.96. The van der Waals surface area contributed by atoms with E-state index < -0.39 is 0 Å². The summed E-state index contributed by atoms with van der Waals surface area (Å²) in [6.45, 7) is 2.79. The molecule has 2 aromatic rings. The average molecular weight is 354 g/mol. The number of anilines is 1. The molecule has 1 aromatic carbocycles. The zero-order valence-corrected chi connectivity index (χ0v) is 15.0. The van der Waals surface area contributed by atoms with Gasteiger partial charge in [-0.3, -0.25) is 4.79 Å². The predicted octanol–water partition coefficient (Wildman–Crippen LogP) is 4.39. The Labute approximate surface area is 147 Å². The van der Waals surface area contributed by atoms with Crippen molar-refractivity contribution in [3.05, 3.63) is 35.2 Å². The second kappa shape index (κ2) is 10.4. The zero-order valence-electron chi connectivity index (χ0n) is 13.4. The van der Waals surface area contributed by atoms with E-state index >= 15 is 0 Å². The number of amides is 1. The van der Waals surface area contributed by atoms with Crippen molar-refractivity contribution in [2.24, 2.45) is 5.73 Å². The van der Waals surface area contributed by atoms with Gasteiger partial charge in [0.15, 0.2) is 5.13 Å². The summed E-state index contributed by atoms with van der Waals surface area (Å²) < 4.78 is 0. The number of aromatic nitrogens is 1. The smallest absolute Gasteiger partial charge is 0.226 e. The van der Waals surface area contributed by atoms with Crippen LogP contribution in [0, 0.1) is 6.92 Å². The summed E-state index contributed by atoms with van der Waals surface area (Å²) in [5, 5.41) is 5.52. The molecular formula is C17H24ClN3OS. The van der Waals surface area contributed by atoms with Crippen molar-refractivity contribution in [2.75, 3.05) is 11.9 Å². The number of rotatable bonds is 8. The molecule has 1 heterocycles. The highest BCUT2D eigenvalue weighted by Crippen LogP contribution is 2.25. The number of aryl methyl sites for hydroxylation is 1. The van der Waals surface area contributed by atoms with Crippen LogP contribution >= 0.6 is 23.7 Å². The summed E-state index contributed by atoms with van der Waals surface area (Å²) in [6.07, 6.45) is 4.63. The fraction of sp³-hybridized carbons (Fsp3) is 0.412. The van der Waals surface area contributed by atoms with Crippen molar-refractivity contribution in [3.8, 4) is 11.3 Å². The molecule has 23 heavy (non-hydrogen) atoms. The van der Waals surface area contributed by atoms with Gasteiger partial charge in [0.25, 0.3) is 0 Å². The van der Waals surface area contributed by atoms with E-state index in [-0.39, 0.29) is 18.3 Å². The molecule has 0 unspecified atom stereocenters. The fourth-order valence-electron chi connectivity index (χ4n) is 2.15. The number of nitrogens with two attached hydrogens (primary N) is 1. The molecule has 0 fully saturated rings. The Balaban J connectivity index is 0.00000264. The molecule has 3 N–H and O–H groups in total. The number of carbonyl (C=O) groups is 1. The number of nitrogens with one attached hydrogen (secondary N) is 1. The molecule has 4 nitrogen and oxygen atoms in total. The Hall–Kier alpha value is -1.43. The number of hydrogen-bond acceptors (Lipinski definition) is 4. The van der Waals surface area contributed by atoms with Gasteiger partial charge in [-0.2, -0.15) is 0 Å². The molecule has 0 spiro atoms. The van der Waals surface area contributed by atoms with E-state index in [0.29, 0.717) is 11.6 Å². The van der Waals surface area contributed by atoms with E-state index in [0.717, 1.165) is 43.5 Å². The monoisotopic (exact) mass is 353 g/mol. The van der Waals surface area contributed by atoms with Gasteiger partial charge in [-0.15, -0.1) is 23.7 Å². The quantitative estimate of drug-likeness (QED) is 0.691. The Morgan fingerprint density at radius 3 is 2.57 bits per heavy atom.